The molecule has 140 valence electrons. The molecular weight excluding hydrogens is 340 g/mol. The maximum absolute atomic E-state index is 9.90. The van der Waals surface area contributed by atoms with Crippen LogP contribution in [0, 0.1) is 0 Å². The zero-order valence-electron chi connectivity index (χ0n) is 15.6. The Hall–Kier alpha value is -3.28. The number of phenols is 1. The Labute approximate surface area is 158 Å². The summed E-state index contributed by atoms with van der Waals surface area (Å²) in [4.78, 5) is 9.00. The van der Waals surface area contributed by atoms with E-state index >= 15 is 0 Å². The van der Waals surface area contributed by atoms with Crippen molar-refractivity contribution < 1.29 is 9.84 Å². The molecule has 3 aromatic rings. The number of guanidine groups is 1. The van der Waals surface area contributed by atoms with E-state index in [0.29, 0.717) is 24.8 Å². The lowest BCUT2D eigenvalue weighted by Gasteiger charge is -2.13. The number of aromatic nitrogens is 1. The molecule has 0 saturated heterocycles. The van der Waals surface area contributed by atoms with Gasteiger partial charge in [0.2, 0.25) is 0 Å². The van der Waals surface area contributed by atoms with Crippen LogP contribution in [-0.2, 0) is 13.1 Å². The molecule has 0 saturated carbocycles. The molecule has 3 rings (SSSR count). The molecule has 0 fully saturated rings. The number of para-hydroxylation sites is 1. The summed E-state index contributed by atoms with van der Waals surface area (Å²) in [7, 11) is 1.53. The summed E-state index contributed by atoms with van der Waals surface area (Å²) in [5.74, 6) is 1.29. The van der Waals surface area contributed by atoms with Crippen LogP contribution in [0.25, 0.3) is 10.9 Å². The molecule has 27 heavy (non-hydrogen) atoms. The average Bonchev–Trinajstić information content (AvgIpc) is 2.70. The number of nitrogens with one attached hydrogen (secondary N) is 2. The summed E-state index contributed by atoms with van der Waals surface area (Å²) >= 11 is 0. The number of fused-ring (bicyclic) bond motifs is 1. The van der Waals surface area contributed by atoms with Gasteiger partial charge in [-0.05, 0) is 42.3 Å². The number of pyridine rings is 1. The van der Waals surface area contributed by atoms with Crippen LogP contribution in [0.1, 0.15) is 18.1 Å². The van der Waals surface area contributed by atoms with Crippen molar-refractivity contribution in [1.82, 2.24) is 15.6 Å². The number of benzene rings is 2. The van der Waals surface area contributed by atoms with Crippen LogP contribution in [0.4, 0.5) is 0 Å². The van der Waals surface area contributed by atoms with E-state index in [4.69, 9.17) is 4.74 Å². The summed E-state index contributed by atoms with van der Waals surface area (Å²) in [5.41, 5.74) is 3.04. The zero-order chi connectivity index (χ0) is 19.1. The highest BCUT2D eigenvalue weighted by molar-refractivity contribution is 5.83. The topological polar surface area (TPSA) is 78.8 Å². The minimum absolute atomic E-state index is 0.117. The van der Waals surface area contributed by atoms with Gasteiger partial charge in [-0.15, -0.1) is 0 Å². The van der Waals surface area contributed by atoms with Crippen LogP contribution < -0.4 is 15.4 Å². The van der Waals surface area contributed by atoms with Gasteiger partial charge in [0, 0.05) is 24.7 Å². The van der Waals surface area contributed by atoms with Gasteiger partial charge in [0.25, 0.3) is 0 Å². The maximum atomic E-state index is 9.90. The predicted octanol–water partition coefficient (Wildman–Crippen LogP) is 3.20. The quantitative estimate of drug-likeness (QED) is 0.462. The van der Waals surface area contributed by atoms with Crippen molar-refractivity contribution >= 4 is 16.9 Å². The fourth-order valence-electron chi connectivity index (χ4n) is 2.83. The van der Waals surface area contributed by atoms with E-state index in [0.717, 1.165) is 28.6 Å². The van der Waals surface area contributed by atoms with Gasteiger partial charge in [-0.1, -0.05) is 24.3 Å². The minimum Gasteiger partial charge on any atom is -0.504 e. The summed E-state index contributed by atoms with van der Waals surface area (Å²) < 4.78 is 5.07. The van der Waals surface area contributed by atoms with Crippen LogP contribution in [0.2, 0.25) is 0 Å². The Morgan fingerprint density at radius 1 is 1.15 bits per heavy atom. The highest BCUT2D eigenvalue weighted by Gasteiger charge is 2.05. The summed E-state index contributed by atoms with van der Waals surface area (Å²) in [5, 5.41) is 17.6. The normalized spacial score (nSPS) is 11.4. The minimum atomic E-state index is 0.117. The molecule has 6 heteroatoms. The second-order valence-corrected chi connectivity index (χ2v) is 6.04. The monoisotopic (exact) mass is 364 g/mol. The van der Waals surface area contributed by atoms with Gasteiger partial charge in [0.05, 0.1) is 19.2 Å². The lowest BCUT2D eigenvalue weighted by atomic mass is 10.1. The fraction of sp³-hybridized carbons (Fsp3) is 0.238. The molecule has 0 atom stereocenters. The van der Waals surface area contributed by atoms with Crippen LogP contribution >= 0.6 is 0 Å². The molecule has 0 aliphatic heterocycles. The first kappa shape index (κ1) is 18.5. The van der Waals surface area contributed by atoms with Gasteiger partial charge < -0.3 is 20.5 Å². The number of rotatable bonds is 6. The van der Waals surface area contributed by atoms with E-state index < -0.39 is 0 Å². The number of aromatic hydroxyl groups is 1. The van der Waals surface area contributed by atoms with E-state index in [1.807, 2.05) is 43.5 Å². The number of hydrogen-bond donors (Lipinski definition) is 3. The Bertz CT molecular complexity index is 935. The molecular formula is C21H24N4O2. The fourth-order valence-corrected chi connectivity index (χ4v) is 2.83. The molecule has 0 aliphatic carbocycles. The largest absolute Gasteiger partial charge is 0.504 e. The molecule has 0 spiro atoms. The van der Waals surface area contributed by atoms with Gasteiger partial charge in [0.15, 0.2) is 17.5 Å². The first-order valence-corrected chi connectivity index (χ1v) is 8.92. The maximum Gasteiger partial charge on any atom is 0.191 e. The van der Waals surface area contributed by atoms with Crippen molar-refractivity contribution in [3.8, 4) is 11.5 Å². The Kier molecular flexibility index (Phi) is 6.10. The number of phenolic OH excluding ortho intramolecular Hbond substituents is 1. The Balaban J connectivity index is 1.71. The third-order valence-electron chi connectivity index (χ3n) is 4.19. The molecule has 3 N–H and O–H groups in total. The number of hydrogen-bond acceptors (Lipinski definition) is 4. The molecule has 6 nitrogen and oxygen atoms in total. The summed E-state index contributed by atoms with van der Waals surface area (Å²) in [6, 6.07) is 15.4. The molecule has 1 aromatic heterocycles. The van der Waals surface area contributed by atoms with Gasteiger partial charge in [-0.3, -0.25) is 4.98 Å². The van der Waals surface area contributed by atoms with E-state index in [1.165, 1.54) is 7.11 Å². The first-order chi connectivity index (χ1) is 13.2. The third-order valence-corrected chi connectivity index (χ3v) is 4.19. The van der Waals surface area contributed by atoms with Crippen molar-refractivity contribution in [2.24, 2.45) is 4.99 Å². The lowest BCUT2D eigenvalue weighted by molar-refractivity contribution is 0.373. The SMILES string of the molecule is CCNC(=NCc1ccc(OC)c(O)c1)NCc1ccnc2ccccc12. The number of ether oxygens (including phenoxy) is 1. The van der Waals surface area contributed by atoms with Crippen LogP contribution in [-0.4, -0.2) is 29.7 Å². The van der Waals surface area contributed by atoms with Gasteiger partial charge in [0.1, 0.15) is 0 Å². The first-order valence-electron chi connectivity index (χ1n) is 8.92. The van der Waals surface area contributed by atoms with Crippen molar-refractivity contribution in [1.29, 1.82) is 0 Å². The molecule has 0 amide bonds. The van der Waals surface area contributed by atoms with Gasteiger partial charge in [-0.2, -0.15) is 0 Å². The van der Waals surface area contributed by atoms with Crippen LogP contribution in [0.5, 0.6) is 11.5 Å². The van der Waals surface area contributed by atoms with E-state index in [1.54, 1.807) is 12.1 Å². The van der Waals surface area contributed by atoms with Gasteiger partial charge >= 0.3 is 0 Å². The summed E-state index contributed by atoms with van der Waals surface area (Å²) in [6.07, 6.45) is 1.82. The lowest BCUT2D eigenvalue weighted by Crippen LogP contribution is -2.36. The van der Waals surface area contributed by atoms with Crippen LogP contribution in [0.3, 0.4) is 0 Å². The van der Waals surface area contributed by atoms with Crippen molar-refractivity contribution in [2.75, 3.05) is 13.7 Å². The predicted molar refractivity (Wildman–Crippen MR) is 108 cm³/mol. The van der Waals surface area contributed by atoms with Crippen molar-refractivity contribution in [3.05, 3.63) is 65.9 Å². The smallest absolute Gasteiger partial charge is 0.191 e. The van der Waals surface area contributed by atoms with E-state index in [2.05, 4.69) is 26.7 Å². The average molecular weight is 364 g/mol. The molecule has 0 radical (unpaired) electrons. The highest BCUT2D eigenvalue weighted by Crippen LogP contribution is 2.26. The van der Waals surface area contributed by atoms with E-state index in [9.17, 15) is 5.11 Å². The molecule has 0 unspecified atom stereocenters. The number of nitrogens with zero attached hydrogens (tertiary/aromatic N) is 2. The van der Waals surface area contributed by atoms with Crippen molar-refractivity contribution in [3.63, 3.8) is 0 Å². The highest BCUT2D eigenvalue weighted by atomic mass is 16.5. The standard InChI is InChI=1S/C21H24N4O2/c1-3-22-21(24-13-15-8-9-20(27-2)19(26)12-15)25-14-16-10-11-23-18-7-5-4-6-17(16)18/h4-12,26H,3,13-14H2,1-2H3,(H2,22,24,25). The third kappa shape index (κ3) is 4.67. The van der Waals surface area contributed by atoms with Crippen molar-refractivity contribution in [2.45, 2.75) is 20.0 Å². The Morgan fingerprint density at radius 2 is 2.00 bits per heavy atom. The zero-order valence-corrected chi connectivity index (χ0v) is 15.6. The Morgan fingerprint density at radius 3 is 2.78 bits per heavy atom. The second-order valence-electron chi connectivity index (χ2n) is 6.04. The van der Waals surface area contributed by atoms with Crippen LogP contribution in [0.15, 0.2) is 59.7 Å². The summed E-state index contributed by atoms with van der Waals surface area (Å²) in [6.45, 7) is 3.88. The molecule has 2 aromatic carbocycles. The molecule has 0 bridgehead atoms. The number of aliphatic imine (C=N–C) groups is 1. The molecule has 0 aliphatic rings. The second kappa shape index (κ2) is 8.89. The van der Waals surface area contributed by atoms with E-state index in [-0.39, 0.29) is 5.75 Å². The van der Waals surface area contributed by atoms with Gasteiger partial charge in [-0.25, -0.2) is 4.99 Å². The number of methoxy groups -OCH3 is 1. The molecule has 1 heterocycles.